The number of nitrogen functional groups attached to an aromatic ring is 1. The molecule has 0 unspecified atom stereocenters. The molecule has 0 fully saturated rings. The predicted molar refractivity (Wildman–Crippen MR) is 66.8 cm³/mol. The number of aryl methyl sites for hydroxylation is 2. The van der Waals surface area contributed by atoms with Crippen molar-refractivity contribution in [1.29, 1.82) is 0 Å². The van der Waals surface area contributed by atoms with Crippen molar-refractivity contribution < 1.29 is 9.53 Å². The minimum Gasteiger partial charge on any atom is -0.461 e. The molecule has 0 bridgehead atoms. The first-order valence-electron chi connectivity index (χ1n) is 5.73. The Hall–Kier alpha value is -2.51. The molecule has 0 amide bonds. The molecule has 0 radical (unpaired) electrons. The maximum Gasteiger partial charge on any atom is 0.361 e. The van der Waals surface area contributed by atoms with Crippen LogP contribution in [0.15, 0.2) is 6.20 Å². The van der Waals surface area contributed by atoms with Crippen LogP contribution in [-0.4, -0.2) is 37.5 Å². The summed E-state index contributed by atoms with van der Waals surface area (Å²) in [4.78, 5) is 15.8. The molecule has 0 saturated heterocycles. The van der Waals surface area contributed by atoms with Gasteiger partial charge in [0.05, 0.1) is 29.9 Å². The Labute approximate surface area is 109 Å². The van der Waals surface area contributed by atoms with Crippen LogP contribution in [-0.2, 0) is 4.74 Å². The fraction of sp³-hybridized carbons (Fsp3) is 0.364. The molecular weight excluding hydrogens is 248 g/mol. The van der Waals surface area contributed by atoms with Crippen molar-refractivity contribution in [2.75, 3.05) is 12.3 Å². The number of carbonyl (C=O) groups is 1. The van der Waals surface area contributed by atoms with Gasteiger partial charge in [-0.2, -0.15) is 10.2 Å². The summed E-state index contributed by atoms with van der Waals surface area (Å²) in [6, 6.07) is 0. The van der Waals surface area contributed by atoms with Crippen molar-refractivity contribution in [3.8, 4) is 5.95 Å². The smallest absolute Gasteiger partial charge is 0.361 e. The van der Waals surface area contributed by atoms with Crippen LogP contribution in [0.4, 0.5) is 5.69 Å². The molecule has 0 aliphatic rings. The number of aromatic nitrogens is 5. The molecule has 0 saturated carbocycles. The van der Waals surface area contributed by atoms with Gasteiger partial charge in [0, 0.05) is 0 Å². The summed E-state index contributed by atoms with van der Waals surface area (Å²) in [6.45, 7) is 5.58. The molecule has 0 spiro atoms. The number of esters is 1. The van der Waals surface area contributed by atoms with Gasteiger partial charge >= 0.3 is 5.97 Å². The van der Waals surface area contributed by atoms with E-state index in [1.54, 1.807) is 13.8 Å². The number of ether oxygens (including phenoxy) is 1. The van der Waals surface area contributed by atoms with E-state index in [4.69, 9.17) is 10.5 Å². The topological polar surface area (TPSA) is 109 Å². The zero-order valence-corrected chi connectivity index (χ0v) is 10.9. The quantitative estimate of drug-likeness (QED) is 0.799. The number of anilines is 1. The molecule has 2 N–H and O–H groups in total. The second-order valence-corrected chi connectivity index (χ2v) is 3.88. The van der Waals surface area contributed by atoms with E-state index in [1.165, 1.54) is 10.9 Å². The van der Waals surface area contributed by atoms with Crippen molar-refractivity contribution in [2.24, 2.45) is 0 Å². The Balaban J connectivity index is 2.38. The highest BCUT2D eigenvalue weighted by molar-refractivity contribution is 5.92. The lowest BCUT2D eigenvalue weighted by molar-refractivity contribution is 0.0520. The number of nitrogens with zero attached hydrogens (tertiary/aromatic N) is 5. The number of carbonyl (C=O) groups excluding carboxylic acids is 1. The normalized spacial score (nSPS) is 10.5. The van der Waals surface area contributed by atoms with Gasteiger partial charge in [-0.1, -0.05) is 0 Å². The third kappa shape index (κ3) is 2.51. The van der Waals surface area contributed by atoms with Crippen molar-refractivity contribution in [3.05, 3.63) is 23.3 Å². The van der Waals surface area contributed by atoms with Gasteiger partial charge in [0.15, 0.2) is 5.69 Å². The third-order valence-electron chi connectivity index (χ3n) is 2.50. The summed E-state index contributed by atoms with van der Waals surface area (Å²) in [7, 11) is 0. The van der Waals surface area contributed by atoms with Gasteiger partial charge < -0.3 is 10.5 Å². The van der Waals surface area contributed by atoms with Gasteiger partial charge in [-0.15, -0.1) is 5.10 Å². The lowest BCUT2D eigenvalue weighted by Crippen LogP contribution is -2.10. The molecule has 0 aliphatic carbocycles. The van der Waals surface area contributed by atoms with Crippen LogP contribution in [0.1, 0.15) is 28.8 Å². The van der Waals surface area contributed by atoms with E-state index in [2.05, 4.69) is 20.3 Å². The van der Waals surface area contributed by atoms with E-state index in [0.29, 0.717) is 0 Å². The van der Waals surface area contributed by atoms with Gasteiger partial charge in [0.2, 0.25) is 0 Å². The van der Waals surface area contributed by atoms with Crippen molar-refractivity contribution in [2.45, 2.75) is 20.8 Å². The lowest BCUT2D eigenvalue weighted by Gasteiger charge is -2.01. The summed E-state index contributed by atoms with van der Waals surface area (Å²) in [5.74, 6) is -0.319. The number of nitrogens with two attached hydrogens (primary N) is 1. The fourth-order valence-electron chi connectivity index (χ4n) is 1.39. The van der Waals surface area contributed by atoms with Gasteiger partial charge in [0.25, 0.3) is 5.95 Å². The first-order valence-corrected chi connectivity index (χ1v) is 5.73. The largest absolute Gasteiger partial charge is 0.461 e. The van der Waals surface area contributed by atoms with Gasteiger partial charge in [0.1, 0.15) is 0 Å². The molecule has 2 aromatic heterocycles. The molecule has 19 heavy (non-hydrogen) atoms. The van der Waals surface area contributed by atoms with Crippen LogP contribution < -0.4 is 5.73 Å². The monoisotopic (exact) mass is 262 g/mol. The van der Waals surface area contributed by atoms with Crippen LogP contribution in [0.2, 0.25) is 0 Å². The van der Waals surface area contributed by atoms with Gasteiger partial charge in [-0.05, 0) is 20.8 Å². The van der Waals surface area contributed by atoms with Crippen molar-refractivity contribution in [1.82, 2.24) is 25.0 Å². The average molecular weight is 262 g/mol. The van der Waals surface area contributed by atoms with Crippen LogP contribution in [0, 0.1) is 13.8 Å². The average Bonchev–Trinajstić information content (AvgIpc) is 2.75. The number of hydrogen-bond donors (Lipinski definition) is 1. The summed E-state index contributed by atoms with van der Waals surface area (Å²) in [5, 5.41) is 11.9. The highest BCUT2D eigenvalue weighted by Crippen LogP contribution is 2.13. The summed E-state index contributed by atoms with van der Waals surface area (Å²) in [5.41, 5.74) is 7.44. The minimum absolute atomic E-state index is 0.0451. The molecule has 0 aromatic carbocycles. The zero-order chi connectivity index (χ0) is 14.0. The standard InChI is InChI=1S/C11H14N6O2/c1-4-19-10(18)9-8(12)5-17(16-9)11-13-6(2)7(3)14-15-11/h5H,4,12H2,1-3H3. The van der Waals surface area contributed by atoms with Crippen LogP contribution >= 0.6 is 0 Å². The maximum atomic E-state index is 11.6. The number of rotatable bonds is 3. The predicted octanol–water partition coefficient (Wildman–Crippen LogP) is 0.433. The molecule has 8 nitrogen and oxygen atoms in total. The minimum atomic E-state index is -0.574. The Morgan fingerprint density at radius 2 is 2.11 bits per heavy atom. The fourth-order valence-corrected chi connectivity index (χ4v) is 1.39. The van der Waals surface area contributed by atoms with Crippen molar-refractivity contribution in [3.63, 3.8) is 0 Å². The van der Waals surface area contributed by atoms with Crippen LogP contribution in [0.3, 0.4) is 0 Å². The zero-order valence-electron chi connectivity index (χ0n) is 10.9. The second kappa shape index (κ2) is 5.01. The highest BCUT2D eigenvalue weighted by Gasteiger charge is 2.17. The van der Waals surface area contributed by atoms with E-state index in [9.17, 15) is 4.79 Å². The van der Waals surface area contributed by atoms with E-state index in [1.807, 2.05) is 6.92 Å². The molecule has 0 atom stereocenters. The first-order chi connectivity index (χ1) is 9.02. The Bertz CT molecular complexity index is 622. The van der Waals surface area contributed by atoms with E-state index in [-0.39, 0.29) is 23.9 Å². The van der Waals surface area contributed by atoms with E-state index >= 15 is 0 Å². The Morgan fingerprint density at radius 1 is 1.37 bits per heavy atom. The Morgan fingerprint density at radius 3 is 2.74 bits per heavy atom. The third-order valence-corrected chi connectivity index (χ3v) is 2.50. The van der Waals surface area contributed by atoms with Gasteiger partial charge in [-0.3, -0.25) is 0 Å². The molecule has 8 heteroatoms. The summed E-state index contributed by atoms with van der Waals surface area (Å²) < 4.78 is 6.16. The first kappa shape index (κ1) is 12.9. The maximum absolute atomic E-state index is 11.6. The Kier molecular flexibility index (Phi) is 3.41. The molecule has 100 valence electrons. The molecule has 0 aliphatic heterocycles. The molecular formula is C11H14N6O2. The molecule has 2 aromatic rings. The SMILES string of the molecule is CCOC(=O)c1nn(-c2nnc(C)c(C)n2)cc1N. The van der Waals surface area contributed by atoms with Crippen LogP contribution in [0.25, 0.3) is 5.95 Å². The summed E-state index contributed by atoms with van der Waals surface area (Å²) in [6.07, 6.45) is 1.46. The molecule has 2 heterocycles. The van der Waals surface area contributed by atoms with Crippen molar-refractivity contribution >= 4 is 11.7 Å². The van der Waals surface area contributed by atoms with Gasteiger partial charge in [-0.25, -0.2) is 14.5 Å². The van der Waals surface area contributed by atoms with E-state index < -0.39 is 5.97 Å². The van der Waals surface area contributed by atoms with Crippen LogP contribution in [0.5, 0.6) is 0 Å². The van der Waals surface area contributed by atoms with E-state index in [0.717, 1.165) is 11.4 Å². The number of hydrogen-bond acceptors (Lipinski definition) is 7. The summed E-state index contributed by atoms with van der Waals surface area (Å²) >= 11 is 0. The lowest BCUT2D eigenvalue weighted by atomic mass is 10.4. The highest BCUT2D eigenvalue weighted by atomic mass is 16.5. The second-order valence-electron chi connectivity index (χ2n) is 3.88. The molecule has 2 rings (SSSR count).